The molecule has 0 unspecified atom stereocenters. The van der Waals surface area contributed by atoms with Gasteiger partial charge in [-0.3, -0.25) is 9.78 Å². The van der Waals surface area contributed by atoms with Crippen LogP contribution in [-0.2, 0) is 7.05 Å². The van der Waals surface area contributed by atoms with Crippen molar-refractivity contribution in [2.24, 2.45) is 7.05 Å². The molecule has 4 aromatic rings. The second-order valence-corrected chi connectivity index (χ2v) is 6.94. The number of rotatable bonds is 3. The number of nitrogens with zero attached hydrogens (tertiary/aromatic N) is 2. The number of carbonyl (C=O) groups excluding carboxylic acids is 2. The molecule has 0 spiro atoms. The minimum atomic E-state index is -0.506. The summed E-state index contributed by atoms with van der Waals surface area (Å²) in [6, 6.07) is 15.8. The number of fused-ring (bicyclic) bond motifs is 2. The summed E-state index contributed by atoms with van der Waals surface area (Å²) in [4.78, 5) is 28.9. The summed E-state index contributed by atoms with van der Waals surface area (Å²) in [5.41, 5.74) is 2.79. The third kappa shape index (κ3) is 3.04. The molecule has 0 N–H and O–H groups in total. The van der Waals surface area contributed by atoms with Crippen LogP contribution in [0.2, 0.25) is 0 Å². The molecule has 6 nitrogen and oxygen atoms in total. The van der Waals surface area contributed by atoms with Gasteiger partial charge in [-0.1, -0.05) is 18.2 Å². The highest BCUT2D eigenvalue weighted by Gasteiger charge is 2.28. The number of pyridine rings is 1. The van der Waals surface area contributed by atoms with Crippen molar-refractivity contribution in [1.29, 1.82) is 0 Å². The molecular formula is C24H16N2O4. The Balaban J connectivity index is 1.43. The number of ether oxygens (including phenoxy) is 2. The van der Waals surface area contributed by atoms with Crippen LogP contribution in [0.3, 0.4) is 0 Å². The predicted molar refractivity (Wildman–Crippen MR) is 111 cm³/mol. The third-order valence-electron chi connectivity index (χ3n) is 4.98. The number of esters is 1. The monoisotopic (exact) mass is 396 g/mol. The van der Waals surface area contributed by atoms with Crippen LogP contribution >= 0.6 is 0 Å². The maximum absolute atomic E-state index is 12.8. The Hall–Kier alpha value is -4.19. The number of Topliss-reactive ketones (excluding diaryl/α,β-unsaturated/α-hetero) is 1. The maximum atomic E-state index is 12.8. The molecule has 2 aromatic heterocycles. The number of allylic oxidation sites excluding steroid dienone is 1. The quantitative estimate of drug-likeness (QED) is 0.291. The van der Waals surface area contributed by atoms with Crippen molar-refractivity contribution in [3.8, 4) is 11.5 Å². The minimum Gasteiger partial charge on any atom is -0.452 e. The Bertz CT molecular complexity index is 1340. The van der Waals surface area contributed by atoms with Crippen molar-refractivity contribution in [1.82, 2.24) is 9.55 Å². The van der Waals surface area contributed by atoms with E-state index in [0.29, 0.717) is 22.6 Å². The summed E-state index contributed by atoms with van der Waals surface area (Å²) in [5.74, 6) is 0.193. The fourth-order valence-electron chi connectivity index (χ4n) is 3.51. The van der Waals surface area contributed by atoms with Gasteiger partial charge in [0.05, 0.1) is 11.1 Å². The summed E-state index contributed by atoms with van der Waals surface area (Å²) < 4.78 is 13.2. The molecule has 0 fully saturated rings. The first kappa shape index (κ1) is 17.9. The van der Waals surface area contributed by atoms with Crippen LogP contribution in [0.4, 0.5) is 0 Å². The topological polar surface area (TPSA) is 70.4 Å². The van der Waals surface area contributed by atoms with Crippen molar-refractivity contribution >= 4 is 28.7 Å². The first-order valence-corrected chi connectivity index (χ1v) is 9.35. The lowest BCUT2D eigenvalue weighted by atomic mass is 10.1. The normalized spacial score (nSPS) is 14.0. The van der Waals surface area contributed by atoms with Gasteiger partial charge in [-0.25, -0.2) is 4.79 Å². The van der Waals surface area contributed by atoms with E-state index >= 15 is 0 Å². The van der Waals surface area contributed by atoms with E-state index in [1.165, 1.54) is 12.4 Å². The van der Waals surface area contributed by atoms with Crippen molar-refractivity contribution in [3.63, 3.8) is 0 Å². The zero-order valence-electron chi connectivity index (χ0n) is 16.0. The number of para-hydroxylation sites is 1. The Labute approximate surface area is 172 Å². The number of ketones is 1. The SMILES string of the molecule is Cn1cc(/C=C2\Oc3cc(OC(=O)c4ccncc4)ccc3C2=O)c2ccccc21. The first-order chi connectivity index (χ1) is 14.6. The zero-order chi connectivity index (χ0) is 20.7. The molecule has 5 rings (SSSR count). The van der Waals surface area contributed by atoms with Crippen LogP contribution in [0.15, 0.2) is 78.9 Å². The molecule has 3 heterocycles. The van der Waals surface area contributed by atoms with E-state index in [-0.39, 0.29) is 11.5 Å². The van der Waals surface area contributed by atoms with Crippen LogP contribution in [0.5, 0.6) is 11.5 Å². The molecule has 6 heteroatoms. The smallest absolute Gasteiger partial charge is 0.343 e. The summed E-state index contributed by atoms with van der Waals surface area (Å²) in [6.07, 6.45) is 6.74. The summed E-state index contributed by atoms with van der Waals surface area (Å²) in [5, 5.41) is 1.03. The largest absolute Gasteiger partial charge is 0.452 e. The lowest BCUT2D eigenvalue weighted by molar-refractivity contribution is 0.0734. The highest BCUT2D eigenvalue weighted by Crippen LogP contribution is 2.36. The Morgan fingerprint density at radius 3 is 2.73 bits per heavy atom. The molecule has 0 atom stereocenters. The van der Waals surface area contributed by atoms with Gasteiger partial charge in [0.15, 0.2) is 5.76 Å². The average molecular weight is 396 g/mol. The molecular weight excluding hydrogens is 380 g/mol. The Morgan fingerprint density at radius 1 is 1.10 bits per heavy atom. The lowest BCUT2D eigenvalue weighted by Gasteiger charge is -2.05. The van der Waals surface area contributed by atoms with Crippen LogP contribution in [0.25, 0.3) is 17.0 Å². The number of carbonyl (C=O) groups is 2. The Kier molecular flexibility index (Phi) is 4.17. The van der Waals surface area contributed by atoms with E-state index < -0.39 is 5.97 Å². The van der Waals surface area contributed by atoms with Crippen LogP contribution in [-0.4, -0.2) is 21.3 Å². The molecule has 0 saturated heterocycles. The van der Waals surface area contributed by atoms with Gasteiger partial charge in [0.25, 0.3) is 0 Å². The van der Waals surface area contributed by atoms with Crippen LogP contribution < -0.4 is 9.47 Å². The molecule has 0 amide bonds. The second-order valence-electron chi connectivity index (χ2n) is 6.94. The number of hydrogen-bond donors (Lipinski definition) is 0. The second kappa shape index (κ2) is 7.00. The first-order valence-electron chi connectivity index (χ1n) is 9.35. The number of benzene rings is 2. The predicted octanol–water partition coefficient (Wildman–Crippen LogP) is 4.41. The van der Waals surface area contributed by atoms with E-state index in [9.17, 15) is 9.59 Å². The summed E-state index contributed by atoms with van der Waals surface area (Å²) in [7, 11) is 1.96. The van der Waals surface area contributed by atoms with E-state index in [4.69, 9.17) is 9.47 Å². The molecule has 146 valence electrons. The highest BCUT2D eigenvalue weighted by molar-refractivity contribution is 6.15. The van der Waals surface area contributed by atoms with Gasteiger partial charge >= 0.3 is 5.97 Å². The van der Waals surface area contributed by atoms with E-state index in [1.807, 2.05) is 42.1 Å². The number of aryl methyl sites for hydroxylation is 1. The molecule has 30 heavy (non-hydrogen) atoms. The fraction of sp³-hybridized carbons (Fsp3) is 0.0417. The van der Waals surface area contributed by atoms with Gasteiger partial charge in [0, 0.05) is 48.2 Å². The van der Waals surface area contributed by atoms with Crippen LogP contribution in [0.1, 0.15) is 26.3 Å². The lowest BCUT2D eigenvalue weighted by Crippen LogP contribution is -2.08. The third-order valence-corrected chi connectivity index (χ3v) is 4.98. The zero-order valence-corrected chi connectivity index (χ0v) is 16.0. The maximum Gasteiger partial charge on any atom is 0.343 e. The number of hydrogen-bond acceptors (Lipinski definition) is 5. The highest BCUT2D eigenvalue weighted by atomic mass is 16.5. The summed E-state index contributed by atoms with van der Waals surface area (Å²) in [6.45, 7) is 0. The van der Waals surface area contributed by atoms with Crippen molar-refractivity contribution < 1.29 is 19.1 Å². The molecule has 1 aliphatic heterocycles. The number of aromatic nitrogens is 2. The molecule has 1 aliphatic rings. The van der Waals surface area contributed by atoms with E-state index in [1.54, 1.807) is 36.4 Å². The van der Waals surface area contributed by atoms with Crippen LogP contribution in [0, 0.1) is 0 Å². The van der Waals surface area contributed by atoms with Gasteiger partial charge in [0.1, 0.15) is 11.5 Å². The van der Waals surface area contributed by atoms with Gasteiger partial charge in [0.2, 0.25) is 5.78 Å². The fourth-order valence-corrected chi connectivity index (χ4v) is 3.51. The van der Waals surface area contributed by atoms with Crippen molar-refractivity contribution in [3.05, 3.63) is 95.6 Å². The molecule has 2 aromatic carbocycles. The summed E-state index contributed by atoms with van der Waals surface area (Å²) >= 11 is 0. The van der Waals surface area contributed by atoms with Crippen molar-refractivity contribution in [2.45, 2.75) is 0 Å². The Morgan fingerprint density at radius 2 is 1.90 bits per heavy atom. The van der Waals surface area contributed by atoms with Gasteiger partial charge in [-0.05, 0) is 36.4 Å². The standard InChI is InChI=1S/C24H16N2O4/c1-26-14-16(18-4-2-3-5-20(18)26)12-22-23(27)19-7-6-17(13-21(19)30-22)29-24(28)15-8-10-25-11-9-15/h2-14H,1H3/b22-12-. The van der Waals surface area contributed by atoms with Gasteiger partial charge in [-0.2, -0.15) is 0 Å². The minimum absolute atomic E-state index is 0.204. The van der Waals surface area contributed by atoms with Gasteiger partial charge in [-0.15, -0.1) is 0 Å². The molecule has 0 radical (unpaired) electrons. The molecule has 0 bridgehead atoms. The van der Waals surface area contributed by atoms with Crippen molar-refractivity contribution in [2.75, 3.05) is 0 Å². The molecule has 0 saturated carbocycles. The molecule has 0 aliphatic carbocycles. The average Bonchev–Trinajstić information content (AvgIpc) is 3.25. The van der Waals surface area contributed by atoms with E-state index in [2.05, 4.69) is 4.98 Å². The van der Waals surface area contributed by atoms with Gasteiger partial charge < -0.3 is 14.0 Å². The van der Waals surface area contributed by atoms with E-state index in [0.717, 1.165) is 16.5 Å².